The van der Waals surface area contributed by atoms with Gasteiger partial charge in [-0.1, -0.05) is 6.92 Å². The Morgan fingerprint density at radius 3 is 2.50 bits per heavy atom. The summed E-state index contributed by atoms with van der Waals surface area (Å²) in [5.74, 6) is 0. The first kappa shape index (κ1) is 19.7. The fraction of sp³-hybridized carbons (Fsp3) is 1.00. The van der Waals surface area contributed by atoms with Crippen molar-refractivity contribution in [3.05, 3.63) is 0 Å². The van der Waals surface area contributed by atoms with Gasteiger partial charge < -0.3 is 45.8 Å². The van der Waals surface area contributed by atoms with Gasteiger partial charge in [0.15, 0.2) is 6.29 Å². The Balaban J connectivity index is 2.63. The first-order valence-corrected chi connectivity index (χ1v) is 7.30. The maximum atomic E-state index is 10.1. The number of rotatable bonds is 8. The fourth-order valence-electron chi connectivity index (χ4n) is 2.31. The largest absolute Gasteiger partial charge is 0.394 e. The van der Waals surface area contributed by atoms with Crippen LogP contribution >= 0.6 is 0 Å². The average Bonchev–Trinajstić information content (AvgIpc) is 2.54. The van der Waals surface area contributed by atoms with Crippen molar-refractivity contribution in [2.75, 3.05) is 19.8 Å². The van der Waals surface area contributed by atoms with E-state index < -0.39 is 55.6 Å². The second-order valence-corrected chi connectivity index (χ2v) is 5.68. The van der Waals surface area contributed by atoms with Crippen molar-refractivity contribution in [3.8, 4) is 0 Å². The van der Waals surface area contributed by atoms with Crippen LogP contribution in [0.1, 0.15) is 19.8 Å². The van der Waals surface area contributed by atoms with E-state index in [2.05, 4.69) is 0 Å². The van der Waals surface area contributed by atoms with Crippen LogP contribution in [0, 0.1) is 0 Å². The lowest BCUT2D eigenvalue weighted by Gasteiger charge is -2.43. The van der Waals surface area contributed by atoms with Crippen LogP contribution in [0.3, 0.4) is 0 Å². The Bertz CT molecular complexity index is 333. The van der Waals surface area contributed by atoms with Crippen molar-refractivity contribution in [2.24, 2.45) is 5.73 Å². The van der Waals surface area contributed by atoms with Gasteiger partial charge in [0, 0.05) is 6.42 Å². The highest BCUT2D eigenvalue weighted by atomic mass is 16.7. The zero-order chi connectivity index (χ0) is 16.9. The molecule has 0 aromatic carbocycles. The summed E-state index contributed by atoms with van der Waals surface area (Å²) in [5, 5.41) is 57.8. The average molecular weight is 325 g/mol. The lowest BCUT2D eigenvalue weighted by molar-refractivity contribution is -0.305. The van der Waals surface area contributed by atoms with E-state index in [4.69, 9.17) is 20.3 Å². The Morgan fingerprint density at radius 2 is 2.00 bits per heavy atom. The molecule has 1 rings (SSSR count). The molecule has 0 radical (unpaired) electrons. The van der Waals surface area contributed by atoms with E-state index >= 15 is 0 Å². The maximum absolute atomic E-state index is 10.1. The summed E-state index contributed by atoms with van der Waals surface area (Å²) in [4.78, 5) is 0. The van der Waals surface area contributed by atoms with Gasteiger partial charge in [0.2, 0.25) is 0 Å². The van der Waals surface area contributed by atoms with Crippen molar-refractivity contribution < 1.29 is 40.1 Å². The van der Waals surface area contributed by atoms with E-state index in [1.165, 1.54) is 0 Å². The van der Waals surface area contributed by atoms with Crippen LogP contribution in [0.4, 0.5) is 0 Å². The molecule has 8 N–H and O–H groups in total. The first-order valence-electron chi connectivity index (χ1n) is 7.30. The van der Waals surface area contributed by atoms with Gasteiger partial charge in [0.25, 0.3) is 0 Å². The van der Waals surface area contributed by atoms with E-state index in [9.17, 15) is 25.5 Å². The van der Waals surface area contributed by atoms with E-state index in [0.717, 1.165) is 0 Å². The number of hydrogen-bond donors (Lipinski definition) is 7. The number of ether oxygens (including phenoxy) is 2. The zero-order valence-electron chi connectivity index (χ0n) is 12.6. The number of hydrogen-bond acceptors (Lipinski definition) is 9. The predicted octanol–water partition coefficient (Wildman–Crippen LogP) is -3.35. The van der Waals surface area contributed by atoms with Gasteiger partial charge in [0.1, 0.15) is 11.7 Å². The molecule has 1 heterocycles. The van der Waals surface area contributed by atoms with Gasteiger partial charge >= 0.3 is 0 Å². The summed E-state index contributed by atoms with van der Waals surface area (Å²) >= 11 is 0. The van der Waals surface area contributed by atoms with E-state index in [0.29, 0.717) is 6.42 Å². The lowest BCUT2D eigenvalue weighted by atomic mass is 9.88. The lowest BCUT2D eigenvalue weighted by Crippen LogP contribution is -2.61. The molecule has 1 aliphatic rings. The van der Waals surface area contributed by atoms with Crippen LogP contribution in [0.5, 0.6) is 0 Å². The Hall–Kier alpha value is -0.360. The number of aliphatic hydroxyl groups is 6. The van der Waals surface area contributed by atoms with Gasteiger partial charge in [0.05, 0.1) is 44.2 Å². The molecule has 1 fully saturated rings. The summed E-state index contributed by atoms with van der Waals surface area (Å²) in [6.45, 7) is 0.289. The normalized spacial score (nSPS) is 36.8. The molecule has 0 aromatic rings. The van der Waals surface area contributed by atoms with E-state index in [-0.39, 0.29) is 13.0 Å². The molecule has 4 unspecified atom stereocenters. The summed E-state index contributed by atoms with van der Waals surface area (Å²) in [7, 11) is 0. The number of nitrogens with two attached hydrogens (primary N) is 1. The minimum Gasteiger partial charge on any atom is -0.394 e. The fourth-order valence-corrected chi connectivity index (χ4v) is 2.31. The minimum absolute atomic E-state index is 0.149. The molecule has 0 aliphatic carbocycles. The molecule has 0 aromatic heterocycles. The smallest absolute Gasteiger partial charge is 0.186 e. The van der Waals surface area contributed by atoms with Crippen molar-refractivity contribution in [1.29, 1.82) is 0 Å². The third kappa shape index (κ3) is 4.57. The van der Waals surface area contributed by atoms with Crippen LogP contribution in [-0.2, 0) is 9.47 Å². The third-order valence-corrected chi connectivity index (χ3v) is 3.90. The highest BCUT2D eigenvalue weighted by Crippen LogP contribution is 2.29. The predicted molar refractivity (Wildman–Crippen MR) is 74.6 cm³/mol. The molecule has 9 nitrogen and oxygen atoms in total. The Morgan fingerprint density at radius 1 is 1.36 bits per heavy atom. The third-order valence-electron chi connectivity index (χ3n) is 3.90. The van der Waals surface area contributed by atoms with Crippen LogP contribution in [0.2, 0.25) is 0 Å². The van der Waals surface area contributed by atoms with Gasteiger partial charge in [-0.25, -0.2) is 0 Å². The van der Waals surface area contributed by atoms with Crippen molar-refractivity contribution in [2.45, 2.75) is 62.1 Å². The van der Waals surface area contributed by atoms with Crippen molar-refractivity contribution in [1.82, 2.24) is 0 Å². The standard InChI is InChI=1S/C13H27NO8/c1-2-9(17)10(18)8(14)5-21-12-11(19)13(20,6-16)3-7(4-15)22-12/h7-12,15-20H,2-6,14H2,1H3/t7?,8-,9+,10-,11?,12?,13?/m0/s1. The van der Waals surface area contributed by atoms with E-state index in [1.54, 1.807) is 6.92 Å². The molecule has 22 heavy (non-hydrogen) atoms. The van der Waals surface area contributed by atoms with Gasteiger partial charge in [-0.05, 0) is 6.42 Å². The molecule has 132 valence electrons. The van der Waals surface area contributed by atoms with Gasteiger partial charge in [-0.2, -0.15) is 0 Å². The van der Waals surface area contributed by atoms with Crippen LogP contribution in [-0.4, -0.2) is 92.8 Å². The van der Waals surface area contributed by atoms with E-state index in [1.807, 2.05) is 0 Å². The molecule has 1 aliphatic heterocycles. The Kier molecular flexibility index (Phi) is 7.59. The monoisotopic (exact) mass is 325 g/mol. The van der Waals surface area contributed by atoms with Crippen LogP contribution in [0.25, 0.3) is 0 Å². The molecule has 1 saturated heterocycles. The topological polar surface area (TPSA) is 166 Å². The second kappa shape index (κ2) is 8.48. The molecule has 0 saturated carbocycles. The van der Waals surface area contributed by atoms with Gasteiger partial charge in [-0.15, -0.1) is 0 Å². The van der Waals surface area contributed by atoms with Crippen LogP contribution < -0.4 is 5.73 Å². The molecular formula is C13H27NO8. The molecule has 0 bridgehead atoms. The summed E-state index contributed by atoms with van der Waals surface area (Å²) in [5.41, 5.74) is 3.83. The van der Waals surface area contributed by atoms with Crippen molar-refractivity contribution in [3.63, 3.8) is 0 Å². The zero-order valence-corrected chi connectivity index (χ0v) is 12.6. The molecule has 0 amide bonds. The highest BCUT2D eigenvalue weighted by molar-refractivity contribution is 4.95. The maximum Gasteiger partial charge on any atom is 0.186 e. The second-order valence-electron chi connectivity index (χ2n) is 5.68. The van der Waals surface area contributed by atoms with Gasteiger partial charge in [-0.3, -0.25) is 0 Å². The van der Waals surface area contributed by atoms with Crippen molar-refractivity contribution >= 4 is 0 Å². The Labute approximate surface area is 128 Å². The minimum atomic E-state index is -1.86. The molecule has 0 spiro atoms. The first-order chi connectivity index (χ1) is 10.3. The van der Waals surface area contributed by atoms with Crippen LogP contribution in [0.15, 0.2) is 0 Å². The summed E-state index contributed by atoms with van der Waals surface area (Å²) in [6, 6.07) is -0.928. The SMILES string of the molecule is CC[C@@H](O)[C@@H](O)[C@@H](N)COC1OC(CO)CC(O)(CO)C1O. The number of aliphatic hydroxyl groups excluding tert-OH is 5. The summed E-state index contributed by atoms with van der Waals surface area (Å²) in [6.07, 6.45) is -5.72. The molecular weight excluding hydrogens is 298 g/mol. The quantitative estimate of drug-likeness (QED) is 0.241. The molecule has 9 heteroatoms. The highest BCUT2D eigenvalue weighted by Gasteiger charge is 2.48. The molecule has 7 atom stereocenters. The summed E-state index contributed by atoms with van der Waals surface area (Å²) < 4.78 is 10.5.